The topological polar surface area (TPSA) is 56.6 Å². The number of carbonyl (C=O) groups excluding carboxylic acids is 1. The van der Waals surface area contributed by atoms with Crippen LogP contribution in [0, 0.1) is 13.8 Å². The number of methoxy groups -OCH3 is 1. The van der Waals surface area contributed by atoms with Crippen molar-refractivity contribution in [2.45, 2.75) is 39.2 Å². The van der Waals surface area contributed by atoms with Crippen LogP contribution in [0.2, 0.25) is 0 Å². The first-order valence-corrected chi connectivity index (χ1v) is 12.1. The van der Waals surface area contributed by atoms with Gasteiger partial charge in [-0.15, -0.1) is 0 Å². The number of imidazole rings is 1. The lowest BCUT2D eigenvalue weighted by Gasteiger charge is -2.21. The van der Waals surface area contributed by atoms with Crippen LogP contribution in [0.25, 0.3) is 11.0 Å². The minimum atomic E-state index is 0.0493. The maximum atomic E-state index is 13.1. The smallest absolute Gasteiger partial charge is 0.227 e. The summed E-state index contributed by atoms with van der Waals surface area (Å²) >= 11 is 0. The van der Waals surface area contributed by atoms with Gasteiger partial charge >= 0.3 is 0 Å². The van der Waals surface area contributed by atoms with Crippen LogP contribution in [0.3, 0.4) is 0 Å². The largest absolute Gasteiger partial charge is 0.497 e. The Morgan fingerprint density at radius 1 is 0.971 bits per heavy atom. The van der Waals surface area contributed by atoms with Gasteiger partial charge in [-0.2, -0.15) is 0 Å². The lowest BCUT2D eigenvalue weighted by molar-refractivity contribution is -0.117. The van der Waals surface area contributed by atoms with Gasteiger partial charge in [-0.1, -0.05) is 36.4 Å². The molecule has 0 radical (unpaired) electrons. The first-order chi connectivity index (χ1) is 17.0. The monoisotopic (exact) mass is 469 g/mol. The zero-order valence-corrected chi connectivity index (χ0v) is 20.5. The van der Waals surface area contributed by atoms with Crippen molar-refractivity contribution < 1.29 is 14.3 Å². The van der Waals surface area contributed by atoms with Gasteiger partial charge in [0.15, 0.2) is 0 Å². The molecule has 180 valence electrons. The molecule has 1 atom stereocenters. The molecule has 1 aromatic heterocycles. The second-order valence-electron chi connectivity index (χ2n) is 9.14. The third-order valence-electron chi connectivity index (χ3n) is 6.72. The number of ether oxygens (including phenoxy) is 2. The molecule has 1 unspecified atom stereocenters. The number of hydrogen-bond donors (Lipinski definition) is 0. The number of aromatic nitrogens is 2. The summed E-state index contributed by atoms with van der Waals surface area (Å²) in [4.78, 5) is 20.1. The van der Waals surface area contributed by atoms with Crippen molar-refractivity contribution >= 4 is 22.6 Å². The summed E-state index contributed by atoms with van der Waals surface area (Å²) in [6, 6.07) is 22.0. The number of carbonyl (C=O) groups is 1. The highest BCUT2D eigenvalue weighted by Crippen LogP contribution is 2.36. The summed E-state index contributed by atoms with van der Waals surface area (Å²) in [5.41, 5.74) is 5.36. The zero-order valence-electron chi connectivity index (χ0n) is 20.5. The van der Waals surface area contributed by atoms with Gasteiger partial charge in [0.2, 0.25) is 5.91 Å². The fraction of sp³-hybridized carbons (Fsp3) is 0.310. The number of fused-ring (bicyclic) bond motifs is 1. The van der Waals surface area contributed by atoms with E-state index in [2.05, 4.69) is 36.6 Å². The van der Waals surface area contributed by atoms with Gasteiger partial charge in [0, 0.05) is 37.2 Å². The lowest BCUT2D eigenvalue weighted by Crippen LogP contribution is -2.26. The highest BCUT2D eigenvalue weighted by atomic mass is 16.5. The van der Waals surface area contributed by atoms with E-state index in [-0.39, 0.29) is 11.8 Å². The Hall–Kier alpha value is -3.80. The SMILES string of the molecule is COc1cccc(OCCCn2c(C3CC(=O)N(c4c(C)cccc4C)C3)nc3ccccc32)c1. The molecule has 1 saturated heterocycles. The number of anilines is 1. The highest BCUT2D eigenvalue weighted by molar-refractivity contribution is 5.98. The minimum Gasteiger partial charge on any atom is -0.497 e. The normalized spacial score (nSPS) is 15.7. The van der Waals surface area contributed by atoms with Gasteiger partial charge in [0.05, 0.1) is 24.8 Å². The van der Waals surface area contributed by atoms with Crippen LogP contribution >= 0.6 is 0 Å². The Morgan fingerprint density at radius 3 is 2.51 bits per heavy atom. The van der Waals surface area contributed by atoms with Gasteiger partial charge in [0.25, 0.3) is 0 Å². The molecular weight excluding hydrogens is 438 g/mol. The van der Waals surface area contributed by atoms with Crippen molar-refractivity contribution in [3.8, 4) is 11.5 Å². The van der Waals surface area contributed by atoms with Crippen molar-refractivity contribution in [2.24, 2.45) is 0 Å². The molecule has 5 rings (SSSR count). The Morgan fingerprint density at radius 2 is 1.71 bits per heavy atom. The van der Waals surface area contributed by atoms with Crippen molar-refractivity contribution in [1.29, 1.82) is 0 Å². The molecule has 0 aliphatic carbocycles. The van der Waals surface area contributed by atoms with Crippen LogP contribution in [0.1, 0.15) is 35.7 Å². The Bertz CT molecular complexity index is 1340. The van der Waals surface area contributed by atoms with Gasteiger partial charge < -0.3 is 18.9 Å². The zero-order chi connectivity index (χ0) is 24.4. The van der Waals surface area contributed by atoms with Gasteiger partial charge in [-0.05, 0) is 55.7 Å². The number of para-hydroxylation sites is 3. The predicted molar refractivity (Wildman–Crippen MR) is 138 cm³/mol. The summed E-state index contributed by atoms with van der Waals surface area (Å²) in [6.45, 7) is 6.14. The first kappa shape index (κ1) is 23.0. The Labute approximate surface area is 206 Å². The third kappa shape index (κ3) is 4.61. The number of rotatable bonds is 8. The fourth-order valence-electron chi connectivity index (χ4n) is 5.07. The van der Waals surface area contributed by atoms with Crippen molar-refractivity contribution in [2.75, 3.05) is 25.2 Å². The second-order valence-corrected chi connectivity index (χ2v) is 9.14. The molecule has 2 heterocycles. The van der Waals surface area contributed by atoms with Gasteiger partial charge in [0.1, 0.15) is 17.3 Å². The maximum absolute atomic E-state index is 13.1. The quantitative estimate of drug-likeness (QED) is 0.313. The average molecular weight is 470 g/mol. The number of nitrogens with zero attached hydrogens (tertiary/aromatic N) is 3. The molecule has 1 amide bonds. The molecule has 0 saturated carbocycles. The molecular formula is C29H31N3O3. The summed E-state index contributed by atoms with van der Waals surface area (Å²) in [7, 11) is 1.65. The molecule has 1 aliphatic heterocycles. The molecule has 0 bridgehead atoms. The van der Waals surface area contributed by atoms with E-state index in [1.165, 1.54) is 0 Å². The molecule has 1 fully saturated rings. The van der Waals surface area contributed by atoms with Crippen LogP contribution in [0.5, 0.6) is 11.5 Å². The number of hydrogen-bond acceptors (Lipinski definition) is 4. The summed E-state index contributed by atoms with van der Waals surface area (Å²) in [5, 5.41) is 0. The van der Waals surface area contributed by atoms with E-state index in [0.29, 0.717) is 19.6 Å². The summed E-state index contributed by atoms with van der Waals surface area (Å²) in [5.74, 6) is 2.77. The first-order valence-electron chi connectivity index (χ1n) is 12.1. The Kier molecular flexibility index (Phi) is 6.45. The standard InChI is InChI=1S/C29H31N3O3/c1-20-9-6-10-21(2)28(20)32-19-22(17-27(32)33)29-30-25-13-4-5-14-26(25)31(29)15-8-16-35-24-12-7-11-23(18-24)34-3/h4-7,9-14,18,22H,8,15-17,19H2,1-3H3. The van der Waals surface area contributed by atoms with Crippen LogP contribution in [-0.2, 0) is 11.3 Å². The molecule has 6 nitrogen and oxygen atoms in total. The molecule has 3 aromatic carbocycles. The molecule has 0 spiro atoms. The third-order valence-corrected chi connectivity index (χ3v) is 6.72. The van der Waals surface area contributed by atoms with Crippen LogP contribution in [-0.4, -0.2) is 35.7 Å². The molecule has 1 aliphatic rings. The average Bonchev–Trinajstić information content (AvgIpc) is 3.42. The second kappa shape index (κ2) is 9.82. The van der Waals surface area contributed by atoms with Gasteiger partial charge in [-0.25, -0.2) is 4.98 Å². The van der Waals surface area contributed by atoms with E-state index in [4.69, 9.17) is 14.5 Å². The maximum Gasteiger partial charge on any atom is 0.227 e. The van der Waals surface area contributed by atoms with Crippen molar-refractivity contribution in [1.82, 2.24) is 9.55 Å². The van der Waals surface area contributed by atoms with E-state index < -0.39 is 0 Å². The number of benzene rings is 3. The molecule has 0 N–H and O–H groups in total. The lowest BCUT2D eigenvalue weighted by atomic mass is 10.1. The number of aryl methyl sites for hydroxylation is 3. The van der Waals surface area contributed by atoms with Crippen LogP contribution < -0.4 is 14.4 Å². The summed E-state index contributed by atoms with van der Waals surface area (Å²) < 4.78 is 13.5. The van der Waals surface area contributed by atoms with E-state index in [1.807, 2.05) is 53.4 Å². The molecule has 6 heteroatoms. The summed E-state index contributed by atoms with van der Waals surface area (Å²) in [6.07, 6.45) is 1.29. The van der Waals surface area contributed by atoms with E-state index in [0.717, 1.165) is 58.1 Å². The van der Waals surface area contributed by atoms with Crippen molar-refractivity contribution in [3.63, 3.8) is 0 Å². The van der Waals surface area contributed by atoms with Crippen molar-refractivity contribution in [3.05, 3.63) is 83.7 Å². The fourth-order valence-corrected chi connectivity index (χ4v) is 5.07. The van der Waals surface area contributed by atoms with Gasteiger partial charge in [-0.3, -0.25) is 4.79 Å². The van der Waals surface area contributed by atoms with E-state index in [1.54, 1.807) is 7.11 Å². The van der Waals surface area contributed by atoms with E-state index >= 15 is 0 Å². The van der Waals surface area contributed by atoms with Crippen LogP contribution in [0.15, 0.2) is 66.7 Å². The molecule has 35 heavy (non-hydrogen) atoms. The van der Waals surface area contributed by atoms with E-state index in [9.17, 15) is 4.79 Å². The van der Waals surface area contributed by atoms with Crippen LogP contribution in [0.4, 0.5) is 5.69 Å². The molecule has 4 aromatic rings. The minimum absolute atomic E-state index is 0.0493. The highest BCUT2D eigenvalue weighted by Gasteiger charge is 2.35. The Balaban J connectivity index is 1.35. The number of amides is 1. The predicted octanol–water partition coefficient (Wildman–Crippen LogP) is 5.65.